The van der Waals surface area contributed by atoms with Crippen LogP contribution in [0.3, 0.4) is 0 Å². The number of aromatic nitrogens is 3. The Morgan fingerprint density at radius 1 is 1.40 bits per heavy atom. The van der Waals surface area contributed by atoms with Gasteiger partial charge in [-0.15, -0.1) is 5.10 Å². The van der Waals surface area contributed by atoms with Crippen LogP contribution < -0.4 is 11.2 Å². The number of aliphatic imine (C=N–C) groups is 1. The third-order valence-corrected chi connectivity index (χ3v) is 3.46. The van der Waals surface area contributed by atoms with Crippen molar-refractivity contribution in [1.82, 2.24) is 15.0 Å². The second kappa shape index (κ2) is 4.12. The molecule has 1 aromatic heterocycles. The lowest BCUT2D eigenvalue weighted by Crippen LogP contribution is -2.38. The molecule has 2 N–H and O–H groups in total. The molecule has 0 saturated carbocycles. The molecule has 1 aromatic carbocycles. The zero-order valence-corrected chi connectivity index (χ0v) is 11.1. The molecule has 102 valence electrons. The fourth-order valence-electron chi connectivity index (χ4n) is 2.48. The van der Waals surface area contributed by atoms with Crippen LogP contribution in [0.15, 0.2) is 23.3 Å². The summed E-state index contributed by atoms with van der Waals surface area (Å²) in [5.74, 6) is -1.58. The first-order valence-corrected chi connectivity index (χ1v) is 6.11. The average molecular weight is 275 g/mol. The Balaban J connectivity index is 2.18. The summed E-state index contributed by atoms with van der Waals surface area (Å²) in [5.41, 5.74) is 6.22. The first-order valence-electron chi connectivity index (χ1n) is 6.11. The van der Waals surface area contributed by atoms with Crippen LogP contribution >= 0.6 is 0 Å². The Morgan fingerprint density at radius 2 is 2.15 bits per heavy atom. The summed E-state index contributed by atoms with van der Waals surface area (Å²) in [5, 5.41) is 7.65. The summed E-state index contributed by atoms with van der Waals surface area (Å²) in [6.07, 6.45) is 1.49. The molecule has 0 amide bonds. The van der Waals surface area contributed by atoms with Crippen molar-refractivity contribution in [2.45, 2.75) is 19.0 Å². The first-order chi connectivity index (χ1) is 9.40. The van der Waals surface area contributed by atoms with Crippen LogP contribution in [-0.4, -0.2) is 28.7 Å². The Bertz CT molecular complexity index is 727. The first kappa shape index (κ1) is 12.8. The minimum atomic E-state index is -1.01. The van der Waals surface area contributed by atoms with E-state index in [1.165, 1.54) is 6.20 Å². The Hall–Kier alpha value is -2.25. The summed E-state index contributed by atoms with van der Waals surface area (Å²) in [7, 11) is 1.70. The van der Waals surface area contributed by atoms with Gasteiger partial charge >= 0.3 is 0 Å². The van der Waals surface area contributed by atoms with Gasteiger partial charge < -0.3 is 5.73 Å². The van der Waals surface area contributed by atoms with Gasteiger partial charge in [-0.3, -0.25) is 4.99 Å². The molecule has 2 aromatic rings. The standard InChI is InChI=1S/C12H12BF2N5/c1-12(7-2-6(13)3-8(14)10(7)15)5-20-9(4-17-19-20)11(16)18-12/h2-4H,5,13H2,1H3,(H2,16,18)/t12-/m0/s1. The largest absolute Gasteiger partial charge is 0.382 e. The molecule has 1 atom stereocenters. The number of nitrogens with two attached hydrogens (primary N) is 1. The maximum Gasteiger partial charge on any atom is 0.164 e. The van der Waals surface area contributed by atoms with E-state index in [1.807, 2.05) is 0 Å². The molecule has 5 nitrogen and oxygen atoms in total. The molecule has 2 heterocycles. The van der Waals surface area contributed by atoms with Gasteiger partial charge in [0.1, 0.15) is 24.9 Å². The highest BCUT2D eigenvalue weighted by molar-refractivity contribution is 6.32. The van der Waals surface area contributed by atoms with Crippen molar-refractivity contribution in [3.05, 3.63) is 41.2 Å². The fraction of sp³-hybridized carbons (Fsp3) is 0.250. The van der Waals surface area contributed by atoms with Crippen LogP contribution in [0.25, 0.3) is 0 Å². The van der Waals surface area contributed by atoms with Crippen molar-refractivity contribution in [3.8, 4) is 0 Å². The van der Waals surface area contributed by atoms with E-state index in [2.05, 4.69) is 15.3 Å². The van der Waals surface area contributed by atoms with Gasteiger partial charge in [-0.25, -0.2) is 13.5 Å². The molecule has 8 heteroatoms. The topological polar surface area (TPSA) is 69.1 Å². The van der Waals surface area contributed by atoms with Crippen LogP contribution in [-0.2, 0) is 12.1 Å². The van der Waals surface area contributed by atoms with Crippen LogP contribution in [0, 0.1) is 11.6 Å². The number of nitrogens with zero attached hydrogens (tertiary/aromatic N) is 4. The van der Waals surface area contributed by atoms with Gasteiger partial charge in [0.05, 0.1) is 12.7 Å². The number of hydrogen-bond acceptors (Lipinski definition) is 4. The van der Waals surface area contributed by atoms with Crippen molar-refractivity contribution in [3.63, 3.8) is 0 Å². The van der Waals surface area contributed by atoms with E-state index in [1.54, 1.807) is 25.5 Å². The van der Waals surface area contributed by atoms with Gasteiger partial charge in [0.15, 0.2) is 11.6 Å². The second-order valence-electron chi connectivity index (χ2n) is 5.16. The molecular weight excluding hydrogens is 263 g/mol. The van der Waals surface area contributed by atoms with Crippen LogP contribution in [0.5, 0.6) is 0 Å². The van der Waals surface area contributed by atoms with E-state index >= 15 is 0 Å². The average Bonchev–Trinajstić information content (AvgIpc) is 2.81. The maximum absolute atomic E-state index is 14.1. The van der Waals surface area contributed by atoms with E-state index in [9.17, 15) is 8.78 Å². The van der Waals surface area contributed by atoms with Crippen LogP contribution in [0.4, 0.5) is 8.78 Å². The summed E-state index contributed by atoms with van der Waals surface area (Å²) >= 11 is 0. The SMILES string of the molecule is Bc1cc(F)c(F)c([C@]2(C)Cn3nncc3C(N)=N2)c1. The molecule has 0 radical (unpaired) electrons. The normalized spacial score (nSPS) is 21.4. The number of benzene rings is 1. The van der Waals surface area contributed by atoms with E-state index in [4.69, 9.17) is 5.73 Å². The van der Waals surface area contributed by atoms with Gasteiger partial charge in [-0.05, 0) is 13.0 Å². The molecule has 20 heavy (non-hydrogen) atoms. The summed E-state index contributed by atoms with van der Waals surface area (Å²) < 4.78 is 29.3. The zero-order valence-electron chi connectivity index (χ0n) is 11.1. The van der Waals surface area contributed by atoms with E-state index in [0.717, 1.165) is 6.07 Å². The van der Waals surface area contributed by atoms with Gasteiger partial charge in [0.2, 0.25) is 0 Å². The molecule has 0 saturated heterocycles. The molecule has 0 bridgehead atoms. The molecule has 0 fully saturated rings. The smallest absolute Gasteiger partial charge is 0.164 e. The Morgan fingerprint density at radius 3 is 2.90 bits per heavy atom. The van der Waals surface area contributed by atoms with E-state index < -0.39 is 17.2 Å². The number of halogens is 2. The highest BCUT2D eigenvalue weighted by atomic mass is 19.2. The molecule has 3 rings (SSSR count). The van der Waals surface area contributed by atoms with Crippen molar-refractivity contribution >= 4 is 19.1 Å². The predicted molar refractivity (Wildman–Crippen MR) is 72.6 cm³/mol. The molecule has 1 aliphatic rings. The monoisotopic (exact) mass is 275 g/mol. The lowest BCUT2D eigenvalue weighted by molar-refractivity contribution is 0.352. The predicted octanol–water partition coefficient (Wildman–Crippen LogP) is -0.551. The maximum atomic E-state index is 14.1. The Kier molecular flexibility index (Phi) is 2.63. The summed E-state index contributed by atoms with van der Waals surface area (Å²) in [6.45, 7) is 1.95. The van der Waals surface area contributed by atoms with Crippen LogP contribution in [0.2, 0.25) is 0 Å². The third-order valence-electron chi connectivity index (χ3n) is 3.46. The molecule has 0 aliphatic carbocycles. The van der Waals surface area contributed by atoms with Crippen LogP contribution in [0.1, 0.15) is 18.2 Å². The number of rotatable bonds is 1. The van der Waals surface area contributed by atoms with Gasteiger partial charge in [0, 0.05) is 5.56 Å². The van der Waals surface area contributed by atoms with Gasteiger partial charge in [0.25, 0.3) is 0 Å². The van der Waals surface area contributed by atoms with Crippen molar-refractivity contribution < 1.29 is 8.78 Å². The number of hydrogen-bond donors (Lipinski definition) is 1. The third kappa shape index (κ3) is 1.79. The number of fused-ring (bicyclic) bond motifs is 1. The lowest BCUT2D eigenvalue weighted by atomic mass is 9.85. The highest BCUT2D eigenvalue weighted by Gasteiger charge is 2.36. The summed E-state index contributed by atoms with van der Waals surface area (Å²) in [4.78, 5) is 4.33. The zero-order chi connectivity index (χ0) is 14.5. The fourth-order valence-corrected chi connectivity index (χ4v) is 2.48. The minimum Gasteiger partial charge on any atom is -0.382 e. The van der Waals surface area contributed by atoms with Crippen molar-refractivity contribution in [2.75, 3.05) is 0 Å². The molecule has 1 aliphatic heterocycles. The molecular formula is C12H12BF2N5. The highest BCUT2D eigenvalue weighted by Crippen LogP contribution is 2.32. The van der Waals surface area contributed by atoms with E-state index in [0.29, 0.717) is 11.2 Å². The summed E-state index contributed by atoms with van der Waals surface area (Å²) in [6, 6.07) is 2.73. The molecule has 0 spiro atoms. The minimum absolute atomic E-state index is 0.166. The van der Waals surface area contributed by atoms with E-state index in [-0.39, 0.29) is 17.9 Å². The van der Waals surface area contributed by atoms with Crippen molar-refractivity contribution in [2.24, 2.45) is 10.7 Å². The van der Waals surface area contributed by atoms with Crippen molar-refractivity contribution in [1.29, 1.82) is 0 Å². The Labute approximate surface area is 114 Å². The van der Waals surface area contributed by atoms with Gasteiger partial charge in [-0.1, -0.05) is 16.7 Å². The quantitative estimate of drug-likeness (QED) is 0.710. The second-order valence-corrected chi connectivity index (χ2v) is 5.16. The lowest BCUT2D eigenvalue weighted by Gasteiger charge is -2.31. The molecule has 0 unspecified atom stereocenters. The number of amidine groups is 1. The van der Waals surface area contributed by atoms with Gasteiger partial charge in [-0.2, -0.15) is 0 Å².